The van der Waals surface area contributed by atoms with Gasteiger partial charge in [0.2, 0.25) is 5.91 Å². The molecule has 2 rings (SSSR count). The quantitative estimate of drug-likeness (QED) is 0.754. The second-order valence-electron chi connectivity index (χ2n) is 4.51. The van der Waals surface area contributed by atoms with E-state index in [1.54, 1.807) is 0 Å². The third kappa shape index (κ3) is 3.13. The summed E-state index contributed by atoms with van der Waals surface area (Å²) in [4.78, 5) is 24.7. The molecule has 2 heterocycles. The zero-order valence-corrected chi connectivity index (χ0v) is 10.5. The molecule has 0 aliphatic carbocycles. The first kappa shape index (κ1) is 12.7. The molecule has 2 saturated heterocycles. The third-order valence-electron chi connectivity index (χ3n) is 3.35. The maximum absolute atomic E-state index is 11.8. The molecule has 0 aromatic carbocycles. The molecule has 1 amide bonds. The lowest BCUT2D eigenvalue weighted by Crippen LogP contribution is -2.59. The second kappa shape index (κ2) is 5.73. The fraction of sp³-hybridized carbons (Fsp3) is 0.818. The Morgan fingerprint density at radius 1 is 1.59 bits per heavy atom. The molecule has 6 heteroatoms. The molecule has 2 fully saturated rings. The number of hydrogen-bond donors (Lipinski definition) is 2. The molecule has 96 valence electrons. The minimum absolute atomic E-state index is 0.0903. The highest BCUT2D eigenvalue weighted by molar-refractivity contribution is 7.99. The lowest BCUT2D eigenvalue weighted by atomic mass is 10.0. The van der Waals surface area contributed by atoms with Crippen molar-refractivity contribution in [2.45, 2.75) is 31.3 Å². The van der Waals surface area contributed by atoms with Crippen molar-refractivity contribution in [3.8, 4) is 0 Å². The summed E-state index contributed by atoms with van der Waals surface area (Å²) in [6.07, 6.45) is 2.15. The van der Waals surface area contributed by atoms with Crippen LogP contribution in [0.15, 0.2) is 0 Å². The van der Waals surface area contributed by atoms with Crippen molar-refractivity contribution in [1.82, 2.24) is 10.2 Å². The van der Waals surface area contributed by atoms with E-state index in [-0.39, 0.29) is 12.3 Å². The summed E-state index contributed by atoms with van der Waals surface area (Å²) in [5, 5.41) is 11.6. The monoisotopic (exact) mass is 258 g/mol. The van der Waals surface area contributed by atoms with Crippen molar-refractivity contribution < 1.29 is 14.7 Å². The number of carboxylic acid groups (broad SMARTS) is 1. The molecule has 2 unspecified atom stereocenters. The molecule has 2 aliphatic rings. The summed E-state index contributed by atoms with van der Waals surface area (Å²) >= 11 is 1.90. The lowest BCUT2D eigenvalue weighted by molar-refractivity contribution is -0.143. The van der Waals surface area contributed by atoms with Crippen molar-refractivity contribution in [3.63, 3.8) is 0 Å². The Morgan fingerprint density at radius 2 is 2.41 bits per heavy atom. The number of nitrogens with one attached hydrogen (secondary N) is 1. The first-order valence-electron chi connectivity index (χ1n) is 6.01. The van der Waals surface area contributed by atoms with Gasteiger partial charge in [0.05, 0.1) is 12.5 Å². The summed E-state index contributed by atoms with van der Waals surface area (Å²) in [6.45, 7) is 1.41. The van der Waals surface area contributed by atoms with E-state index in [2.05, 4.69) is 10.2 Å². The van der Waals surface area contributed by atoms with Gasteiger partial charge in [-0.25, -0.2) is 0 Å². The first-order valence-corrected chi connectivity index (χ1v) is 7.17. The molecule has 5 nitrogen and oxygen atoms in total. The van der Waals surface area contributed by atoms with E-state index in [1.807, 2.05) is 11.8 Å². The fourth-order valence-electron chi connectivity index (χ4n) is 2.53. The fourth-order valence-corrected chi connectivity index (χ4v) is 3.70. The van der Waals surface area contributed by atoms with Gasteiger partial charge >= 0.3 is 5.97 Å². The Bertz CT molecular complexity index is 305. The van der Waals surface area contributed by atoms with Gasteiger partial charge in [-0.1, -0.05) is 0 Å². The Balaban J connectivity index is 2.05. The van der Waals surface area contributed by atoms with Crippen molar-refractivity contribution in [2.75, 3.05) is 24.6 Å². The van der Waals surface area contributed by atoms with Crippen molar-refractivity contribution in [2.24, 2.45) is 0 Å². The van der Waals surface area contributed by atoms with E-state index in [9.17, 15) is 9.59 Å². The van der Waals surface area contributed by atoms with Gasteiger partial charge < -0.3 is 10.4 Å². The van der Waals surface area contributed by atoms with Crippen LogP contribution in [0.1, 0.15) is 19.3 Å². The minimum atomic E-state index is -0.902. The first-order chi connectivity index (χ1) is 8.18. The van der Waals surface area contributed by atoms with Crippen LogP contribution in [-0.2, 0) is 9.59 Å². The molecule has 0 radical (unpaired) electrons. The smallest absolute Gasteiger partial charge is 0.305 e. The summed E-state index contributed by atoms with van der Waals surface area (Å²) in [5.74, 6) is 1.17. The maximum Gasteiger partial charge on any atom is 0.305 e. The van der Waals surface area contributed by atoms with Gasteiger partial charge in [-0.3, -0.25) is 14.5 Å². The van der Waals surface area contributed by atoms with Crippen LogP contribution >= 0.6 is 11.8 Å². The second-order valence-corrected chi connectivity index (χ2v) is 5.66. The largest absolute Gasteiger partial charge is 0.481 e. The van der Waals surface area contributed by atoms with E-state index in [0.717, 1.165) is 25.1 Å². The van der Waals surface area contributed by atoms with E-state index >= 15 is 0 Å². The van der Waals surface area contributed by atoms with Crippen molar-refractivity contribution in [3.05, 3.63) is 0 Å². The number of nitrogens with zero attached hydrogens (tertiary/aromatic N) is 1. The van der Waals surface area contributed by atoms with E-state index < -0.39 is 12.0 Å². The van der Waals surface area contributed by atoms with Crippen LogP contribution in [0.3, 0.4) is 0 Å². The number of carbonyl (C=O) groups excluding carboxylic acids is 1. The predicted octanol–water partition coefficient (Wildman–Crippen LogP) is 0.157. The summed E-state index contributed by atoms with van der Waals surface area (Å²) < 4.78 is 0. The van der Waals surface area contributed by atoms with E-state index in [1.165, 1.54) is 5.75 Å². The molecule has 0 aromatic rings. The number of thioether (sulfide) groups is 1. The highest BCUT2D eigenvalue weighted by Gasteiger charge is 2.36. The molecule has 0 spiro atoms. The molecule has 2 N–H and O–H groups in total. The molecule has 2 aliphatic heterocycles. The van der Waals surface area contributed by atoms with Crippen LogP contribution in [0.5, 0.6) is 0 Å². The van der Waals surface area contributed by atoms with Crippen LogP contribution in [0.25, 0.3) is 0 Å². The maximum atomic E-state index is 11.8. The van der Waals surface area contributed by atoms with Gasteiger partial charge in [0.15, 0.2) is 0 Å². The number of hydrogen-bond acceptors (Lipinski definition) is 4. The van der Waals surface area contributed by atoms with Crippen LogP contribution in [0.2, 0.25) is 0 Å². The van der Waals surface area contributed by atoms with Gasteiger partial charge in [0.25, 0.3) is 0 Å². The topological polar surface area (TPSA) is 69.6 Å². The van der Waals surface area contributed by atoms with Crippen molar-refractivity contribution >= 4 is 23.6 Å². The van der Waals surface area contributed by atoms with Crippen LogP contribution in [-0.4, -0.2) is 58.6 Å². The average Bonchev–Trinajstić information content (AvgIpc) is 2.32. The van der Waals surface area contributed by atoms with Gasteiger partial charge in [-0.15, -0.1) is 0 Å². The Labute approximate surface area is 105 Å². The minimum Gasteiger partial charge on any atom is -0.481 e. The molecule has 0 aromatic heterocycles. The summed E-state index contributed by atoms with van der Waals surface area (Å²) in [5.41, 5.74) is 0. The van der Waals surface area contributed by atoms with Gasteiger partial charge in [-0.2, -0.15) is 11.8 Å². The van der Waals surface area contributed by atoms with Crippen LogP contribution in [0.4, 0.5) is 0 Å². The Morgan fingerprint density at radius 3 is 3.06 bits per heavy atom. The number of carboxylic acids is 1. The average molecular weight is 258 g/mol. The van der Waals surface area contributed by atoms with Crippen molar-refractivity contribution in [1.29, 1.82) is 0 Å². The number of carbonyl (C=O) groups is 2. The summed E-state index contributed by atoms with van der Waals surface area (Å²) in [6, 6.07) is -0.117. The third-order valence-corrected chi connectivity index (χ3v) is 4.54. The normalized spacial score (nSPS) is 30.9. The highest BCUT2D eigenvalue weighted by Crippen LogP contribution is 2.25. The SMILES string of the molecule is O=C(O)CC1C(=O)NCCN1C1CCCSC1. The highest BCUT2D eigenvalue weighted by atomic mass is 32.2. The molecule has 0 saturated carbocycles. The lowest BCUT2D eigenvalue weighted by Gasteiger charge is -2.41. The molecule has 2 atom stereocenters. The molecule has 17 heavy (non-hydrogen) atoms. The molecular weight excluding hydrogens is 240 g/mol. The molecular formula is C11H18N2O3S. The molecule has 0 bridgehead atoms. The summed E-state index contributed by atoms with van der Waals surface area (Å²) in [7, 11) is 0. The zero-order valence-electron chi connectivity index (χ0n) is 9.72. The Hall–Kier alpha value is -0.750. The Kier molecular flexibility index (Phi) is 4.28. The van der Waals surface area contributed by atoms with Gasteiger partial charge in [-0.05, 0) is 18.6 Å². The zero-order chi connectivity index (χ0) is 12.3. The van der Waals surface area contributed by atoms with Crippen LogP contribution < -0.4 is 5.32 Å². The van der Waals surface area contributed by atoms with E-state index in [4.69, 9.17) is 5.11 Å². The number of piperazine rings is 1. The van der Waals surface area contributed by atoms with Crippen LogP contribution in [0, 0.1) is 0 Å². The number of aliphatic carboxylic acids is 1. The van der Waals surface area contributed by atoms with E-state index in [0.29, 0.717) is 12.6 Å². The van der Waals surface area contributed by atoms with Gasteiger partial charge in [0, 0.05) is 24.9 Å². The number of rotatable bonds is 3. The standard InChI is InChI=1S/C11H18N2O3S/c14-10(15)6-9-11(16)12-3-4-13(9)8-2-1-5-17-7-8/h8-9H,1-7H2,(H,12,16)(H,14,15). The number of amides is 1. The van der Waals surface area contributed by atoms with Gasteiger partial charge in [0.1, 0.15) is 0 Å². The predicted molar refractivity (Wildman–Crippen MR) is 66.1 cm³/mol.